The predicted octanol–water partition coefficient (Wildman–Crippen LogP) is 4.75. The van der Waals surface area contributed by atoms with Gasteiger partial charge in [0.05, 0.1) is 6.42 Å². The van der Waals surface area contributed by atoms with Crippen molar-refractivity contribution in [3.05, 3.63) is 64.1 Å². The quantitative estimate of drug-likeness (QED) is 0.860. The highest BCUT2D eigenvalue weighted by Crippen LogP contribution is 2.17. The van der Waals surface area contributed by atoms with Crippen LogP contribution >= 0.6 is 15.9 Å². The molecule has 104 valence electrons. The summed E-state index contributed by atoms with van der Waals surface area (Å²) < 4.78 is 0.955. The normalized spacial score (nSPS) is 10.6. The van der Waals surface area contributed by atoms with Crippen molar-refractivity contribution in [1.29, 1.82) is 0 Å². The number of carbonyl (C=O) groups excluding carboxylic acids is 1. The maximum absolute atomic E-state index is 12.0. The number of benzene rings is 2. The third kappa shape index (κ3) is 4.20. The summed E-state index contributed by atoms with van der Waals surface area (Å²) in [7, 11) is 0. The highest BCUT2D eigenvalue weighted by Gasteiger charge is 2.05. The molecule has 2 aromatic carbocycles. The van der Waals surface area contributed by atoms with Gasteiger partial charge in [0.2, 0.25) is 5.91 Å². The van der Waals surface area contributed by atoms with E-state index in [0.717, 1.165) is 15.7 Å². The molecule has 2 nitrogen and oxygen atoms in total. The maximum Gasteiger partial charge on any atom is 0.228 e. The van der Waals surface area contributed by atoms with Gasteiger partial charge in [-0.15, -0.1) is 0 Å². The fourth-order valence-corrected chi connectivity index (χ4v) is 2.38. The second-order valence-electron chi connectivity index (χ2n) is 5.13. The molecule has 0 bridgehead atoms. The molecule has 1 N–H and O–H groups in total. The Morgan fingerprint density at radius 3 is 2.45 bits per heavy atom. The van der Waals surface area contributed by atoms with Crippen molar-refractivity contribution in [2.45, 2.75) is 26.2 Å². The Hall–Kier alpha value is -1.61. The molecule has 0 aliphatic carbocycles. The Morgan fingerprint density at radius 1 is 1.15 bits per heavy atom. The first-order valence-electron chi connectivity index (χ1n) is 6.69. The van der Waals surface area contributed by atoms with E-state index in [9.17, 15) is 4.79 Å². The Labute approximate surface area is 128 Å². The molecule has 0 aromatic heterocycles. The van der Waals surface area contributed by atoms with Crippen LogP contribution in [0.2, 0.25) is 0 Å². The van der Waals surface area contributed by atoms with Crippen molar-refractivity contribution in [1.82, 2.24) is 0 Å². The van der Waals surface area contributed by atoms with Crippen LogP contribution in [0.15, 0.2) is 53.0 Å². The predicted molar refractivity (Wildman–Crippen MR) is 87.0 cm³/mol. The summed E-state index contributed by atoms with van der Waals surface area (Å²) in [5, 5.41) is 2.90. The molecule has 0 saturated heterocycles. The summed E-state index contributed by atoms with van der Waals surface area (Å²) in [6, 6.07) is 15.8. The minimum atomic E-state index is 0.000368. The number of rotatable bonds is 4. The summed E-state index contributed by atoms with van der Waals surface area (Å²) in [5.74, 6) is 0.514. The number of amides is 1. The van der Waals surface area contributed by atoms with Gasteiger partial charge < -0.3 is 5.32 Å². The van der Waals surface area contributed by atoms with Gasteiger partial charge in [0.1, 0.15) is 0 Å². The van der Waals surface area contributed by atoms with Crippen LogP contribution in [0.3, 0.4) is 0 Å². The van der Waals surface area contributed by atoms with Crippen LogP contribution in [0.25, 0.3) is 0 Å². The van der Waals surface area contributed by atoms with E-state index in [2.05, 4.69) is 47.2 Å². The van der Waals surface area contributed by atoms with Crippen LogP contribution < -0.4 is 5.32 Å². The van der Waals surface area contributed by atoms with Crippen molar-refractivity contribution < 1.29 is 4.79 Å². The monoisotopic (exact) mass is 331 g/mol. The molecule has 0 fully saturated rings. The van der Waals surface area contributed by atoms with E-state index in [0.29, 0.717) is 12.3 Å². The van der Waals surface area contributed by atoms with Gasteiger partial charge in [-0.05, 0) is 35.2 Å². The lowest BCUT2D eigenvalue weighted by Crippen LogP contribution is -2.14. The van der Waals surface area contributed by atoms with Gasteiger partial charge in [-0.25, -0.2) is 0 Å². The second-order valence-corrected chi connectivity index (χ2v) is 6.05. The van der Waals surface area contributed by atoms with Crippen molar-refractivity contribution >= 4 is 27.5 Å². The standard InChI is InChI=1S/C17H18BrNO/c1-12(2)14-8-6-13(7-9-14)10-17(20)19-16-5-3-4-15(18)11-16/h3-9,11-12H,10H2,1-2H3,(H,19,20). The molecule has 0 spiro atoms. The first-order valence-corrected chi connectivity index (χ1v) is 7.48. The number of hydrogen-bond donors (Lipinski definition) is 1. The van der Waals surface area contributed by atoms with Gasteiger partial charge in [-0.3, -0.25) is 4.79 Å². The SMILES string of the molecule is CC(C)c1ccc(CC(=O)Nc2cccc(Br)c2)cc1. The van der Waals surface area contributed by atoms with Gasteiger partial charge >= 0.3 is 0 Å². The summed E-state index contributed by atoms with van der Waals surface area (Å²) >= 11 is 3.39. The van der Waals surface area contributed by atoms with Crippen LogP contribution in [0.1, 0.15) is 30.9 Å². The molecule has 2 rings (SSSR count). The molecule has 0 aliphatic rings. The molecule has 1 amide bonds. The highest BCUT2D eigenvalue weighted by atomic mass is 79.9. The van der Waals surface area contributed by atoms with E-state index < -0.39 is 0 Å². The Bertz CT molecular complexity index is 590. The van der Waals surface area contributed by atoms with Crippen LogP contribution in [-0.4, -0.2) is 5.91 Å². The molecule has 20 heavy (non-hydrogen) atoms. The first kappa shape index (κ1) is 14.8. The zero-order chi connectivity index (χ0) is 14.5. The van der Waals surface area contributed by atoms with Crippen molar-refractivity contribution in [3.8, 4) is 0 Å². The topological polar surface area (TPSA) is 29.1 Å². The van der Waals surface area contributed by atoms with Gasteiger partial charge in [-0.1, -0.05) is 60.1 Å². The second kappa shape index (κ2) is 6.71. The number of halogens is 1. The van der Waals surface area contributed by atoms with Crippen LogP contribution in [0.5, 0.6) is 0 Å². The lowest BCUT2D eigenvalue weighted by Gasteiger charge is -2.08. The highest BCUT2D eigenvalue weighted by molar-refractivity contribution is 9.10. The molecule has 0 aliphatic heterocycles. The Balaban J connectivity index is 1.97. The number of carbonyl (C=O) groups is 1. The molecular weight excluding hydrogens is 314 g/mol. The lowest BCUT2D eigenvalue weighted by atomic mass is 10.0. The van der Waals surface area contributed by atoms with Crippen molar-refractivity contribution in [3.63, 3.8) is 0 Å². The zero-order valence-electron chi connectivity index (χ0n) is 11.7. The van der Waals surface area contributed by atoms with Crippen LogP contribution in [0.4, 0.5) is 5.69 Å². The van der Waals surface area contributed by atoms with E-state index in [1.54, 1.807) is 0 Å². The average molecular weight is 332 g/mol. The molecule has 0 heterocycles. The first-order chi connectivity index (χ1) is 9.54. The molecular formula is C17H18BrNO. The van der Waals surface area contributed by atoms with E-state index in [1.807, 2.05) is 36.4 Å². The Morgan fingerprint density at radius 2 is 1.85 bits per heavy atom. The molecule has 0 saturated carbocycles. The average Bonchev–Trinajstić information content (AvgIpc) is 2.39. The molecule has 0 unspecified atom stereocenters. The fraction of sp³-hybridized carbons (Fsp3) is 0.235. The minimum absolute atomic E-state index is 0.000368. The van der Waals surface area contributed by atoms with Gasteiger partial charge in [0.25, 0.3) is 0 Å². The molecule has 0 atom stereocenters. The van der Waals surface area contributed by atoms with E-state index in [4.69, 9.17) is 0 Å². The van der Waals surface area contributed by atoms with Crippen molar-refractivity contribution in [2.75, 3.05) is 5.32 Å². The molecule has 3 heteroatoms. The van der Waals surface area contributed by atoms with Crippen LogP contribution in [-0.2, 0) is 11.2 Å². The summed E-state index contributed by atoms with van der Waals surface area (Å²) in [5.41, 5.74) is 3.13. The maximum atomic E-state index is 12.0. The minimum Gasteiger partial charge on any atom is -0.326 e. The number of nitrogens with one attached hydrogen (secondary N) is 1. The summed E-state index contributed by atoms with van der Waals surface area (Å²) in [6.07, 6.45) is 0.394. The largest absolute Gasteiger partial charge is 0.326 e. The van der Waals surface area contributed by atoms with Gasteiger partial charge in [0, 0.05) is 10.2 Å². The fourth-order valence-electron chi connectivity index (χ4n) is 1.98. The summed E-state index contributed by atoms with van der Waals surface area (Å²) in [4.78, 5) is 12.0. The van der Waals surface area contributed by atoms with Gasteiger partial charge in [-0.2, -0.15) is 0 Å². The number of anilines is 1. The number of hydrogen-bond acceptors (Lipinski definition) is 1. The third-order valence-corrected chi connectivity index (χ3v) is 3.61. The van der Waals surface area contributed by atoms with Gasteiger partial charge in [0.15, 0.2) is 0 Å². The Kier molecular flexibility index (Phi) is 4.96. The van der Waals surface area contributed by atoms with Crippen LogP contribution in [0, 0.1) is 0 Å². The summed E-state index contributed by atoms with van der Waals surface area (Å²) in [6.45, 7) is 4.32. The zero-order valence-corrected chi connectivity index (χ0v) is 13.3. The molecule has 0 radical (unpaired) electrons. The lowest BCUT2D eigenvalue weighted by molar-refractivity contribution is -0.115. The molecule has 2 aromatic rings. The van der Waals surface area contributed by atoms with E-state index in [1.165, 1.54) is 5.56 Å². The van der Waals surface area contributed by atoms with E-state index >= 15 is 0 Å². The van der Waals surface area contributed by atoms with E-state index in [-0.39, 0.29) is 5.91 Å². The smallest absolute Gasteiger partial charge is 0.228 e. The third-order valence-electron chi connectivity index (χ3n) is 3.12. The van der Waals surface area contributed by atoms with Crippen molar-refractivity contribution in [2.24, 2.45) is 0 Å².